The second-order valence-electron chi connectivity index (χ2n) is 10.5. The first-order valence-corrected chi connectivity index (χ1v) is 11.8. The number of nitrogens with one attached hydrogen (secondary N) is 1. The highest BCUT2D eigenvalue weighted by atomic mass is 16.6. The topological polar surface area (TPSA) is 160 Å². The molecule has 13 heteroatoms. The molecule has 1 atom stereocenters. The van der Waals surface area contributed by atoms with Crippen LogP contribution in [0.1, 0.15) is 57.5 Å². The maximum atomic E-state index is 13.1. The van der Waals surface area contributed by atoms with Gasteiger partial charge < -0.3 is 29.7 Å². The van der Waals surface area contributed by atoms with Crippen LogP contribution in [0, 0.1) is 0 Å². The largest absolute Gasteiger partial charge is 0.478 e. The molecule has 37 heavy (non-hydrogen) atoms. The molecular weight excluding hydrogens is 482 g/mol. The molecule has 3 rings (SSSR count). The van der Waals surface area contributed by atoms with Gasteiger partial charge in [-0.3, -0.25) is 0 Å². The second kappa shape index (κ2) is 10.9. The summed E-state index contributed by atoms with van der Waals surface area (Å²) >= 11 is 0. The number of amides is 1. The van der Waals surface area contributed by atoms with Crippen LogP contribution < -0.4 is 15.1 Å². The zero-order valence-electron chi connectivity index (χ0n) is 21.9. The molecule has 0 saturated carbocycles. The number of aromatic carboxylic acids is 1. The molecule has 0 aliphatic carbocycles. The fourth-order valence-electron chi connectivity index (χ4n) is 3.45. The van der Waals surface area contributed by atoms with E-state index in [1.54, 1.807) is 58.8 Å². The number of carboxylic acid groups (broad SMARTS) is 1. The summed E-state index contributed by atoms with van der Waals surface area (Å²) in [6, 6.07) is -0.777. The summed E-state index contributed by atoms with van der Waals surface area (Å²) in [7, 11) is 0. The number of alkyl carbamates (subject to hydrolysis) is 1. The first-order chi connectivity index (χ1) is 17.2. The lowest BCUT2D eigenvalue weighted by molar-refractivity contribution is -0.156. The van der Waals surface area contributed by atoms with Gasteiger partial charge in [0.1, 0.15) is 17.2 Å². The molecule has 0 aromatic carbocycles. The molecule has 0 spiro atoms. The van der Waals surface area contributed by atoms with Crippen molar-refractivity contribution in [3.8, 4) is 0 Å². The number of carboxylic acids is 1. The first-order valence-electron chi connectivity index (χ1n) is 11.8. The van der Waals surface area contributed by atoms with Crippen molar-refractivity contribution in [1.29, 1.82) is 0 Å². The van der Waals surface area contributed by atoms with Crippen LogP contribution in [0.5, 0.6) is 0 Å². The molecule has 0 radical (unpaired) electrons. The van der Waals surface area contributed by atoms with Gasteiger partial charge in [-0.2, -0.15) is 0 Å². The molecule has 1 fully saturated rings. The minimum Gasteiger partial charge on any atom is -0.478 e. The van der Waals surface area contributed by atoms with E-state index in [4.69, 9.17) is 14.6 Å². The van der Waals surface area contributed by atoms with E-state index in [1.165, 1.54) is 12.4 Å². The number of carbonyl (C=O) groups excluding carboxylic acids is 2. The zero-order chi connectivity index (χ0) is 27.4. The number of nitrogens with zero attached hydrogens (tertiary/aromatic N) is 6. The van der Waals surface area contributed by atoms with Crippen molar-refractivity contribution in [3.63, 3.8) is 0 Å². The lowest BCUT2D eigenvalue weighted by Gasteiger charge is -2.40. The van der Waals surface area contributed by atoms with Crippen molar-refractivity contribution in [2.45, 2.75) is 65.3 Å². The van der Waals surface area contributed by atoms with Crippen LogP contribution in [-0.2, 0) is 20.8 Å². The predicted octanol–water partition coefficient (Wildman–Crippen LogP) is 2.03. The standard InChI is InChI=1S/C24H33N7O6/c1-23(2,3)36-19(34)17-14-30(7-8-31(17)21-27-12-16(13-28-21)18(32)33)20-25-9-15(10-26-20)11-29-22(35)37-24(4,5)6/h9-10,12-13,17H,7-8,11,14H2,1-6H3,(H,29,35)(H,32,33)/t17-/m0/s1. The summed E-state index contributed by atoms with van der Waals surface area (Å²) in [6.45, 7) is 11.9. The molecule has 2 N–H and O–H groups in total. The Hall–Kier alpha value is -4.03. The lowest BCUT2D eigenvalue weighted by Crippen LogP contribution is -2.58. The molecule has 0 unspecified atom stereocenters. The third-order valence-corrected chi connectivity index (χ3v) is 5.01. The zero-order valence-corrected chi connectivity index (χ0v) is 21.9. The molecule has 2 aromatic rings. The van der Waals surface area contributed by atoms with E-state index in [0.717, 1.165) is 0 Å². The third kappa shape index (κ3) is 7.98. The molecular formula is C24H33N7O6. The maximum Gasteiger partial charge on any atom is 0.407 e. The summed E-state index contributed by atoms with van der Waals surface area (Å²) in [6.07, 6.45) is 5.07. The van der Waals surface area contributed by atoms with Crippen LogP contribution in [0.25, 0.3) is 0 Å². The minimum absolute atomic E-state index is 0.0501. The Morgan fingerprint density at radius 3 is 2.03 bits per heavy atom. The van der Waals surface area contributed by atoms with Crippen molar-refractivity contribution in [1.82, 2.24) is 25.3 Å². The normalized spacial score (nSPS) is 16.2. The Morgan fingerprint density at radius 2 is 1.49 bits per heavy atom. The number of piperazine rings is 1. The number of rotatable bonds is 6. The molecule has 3 heterocycles. The Morgan fingerprint density at radius 1 is 0.919 bits per heavy atom. The van der Waals surface area contributed by atoms with E-state index in [1.807, 2.05) is 4.90 Å². The fourth-order valence-corrected chi connectivity index (χ4v) is 3.45. The molecule has 1 amide bonds. The Balaban J connectivity index is 1.73. The number of esters is 1. The Labute approximate surface area is 215 Å². The van der Waals surface area contributed by atoms with Crippen molar-refractivity contribution >= 4 is 29.9 Å². The lowest BCUT2D eigenvalue weighted by atomic mass is 10.1. The predicted molar refractivity (Wildman–Crippen MR) is 133 cm³/mol. The molecule has 2 aromatic heterocycles. The summed E-state index contributed by atoms with van der Waals surface area (Å²) in [5, 5.41) is 11.8. The van der Waals surface area contributed by atoms with Gasteiger partial charge in [-0.25, -0.2) is 34.3 Å². The van der Waals surface area contributed by atoms with Crippen LogP contribution in [0.4, 0.5) is 16.7 Å². The van der Waals surface area contributed by atoms with E-state index >= 15 is 0 Å². The van der Waals surface area contributed by atoms with Crippen LogP contribution in [0.15, 0.2) is 24.8 Å². The van der Waals surface area contributed by atoms with Crippen molar-refractivity contribution in [2.75, 3.05) is 29.4 Å². The van der Waals surface area contributed by atoms with E-state index < -0.39 is 35.3 Å². The number of anilines is 2. The van der Waals surface area contributed by atoms with Gasteiger partial charge in [0, 0.05) is 50.0 Å². The van der Waals surface area contributed by atoms with E-state index in [0.29, 0.717) is 24.6 Å². The second-order valence-corrected chi connectivity index (χ2v) is 10.5. The molecule has 1 aliphatic heterocycles. The van der Waals surface area contributed by atoms with Crippen molar-refractivity contribution in [3.05, 3.63) is 35.9 Å². The number of hydrogen-bond acceptors (Lipinski definition) is 11. The number of hydrogen-bond donors (Lipinski definition) is 2. The Bertz CT molecular complexity index is 1110. The van der Waals surface area contributed by atoms with Crippen LogP contribution in [0.2, 0.25) is 0 Å². The monoisotopic (exact) mass is 515 g/mol. The quantitative estimate of drug-likeness (QED) is 0.540. The summed E-state index contributed by atoms with van der Waals surface area (Å²) in [5.41, 5.74) is -0.673. The highest BCUT2D eigenvalue weighted by molar-refractivity contribution is 5.87. The highest BCUT2D eigenvalue weighted by Crippen LogP contribution is 2.22. The van der Waals surface area contributed by atoms with Gasteiger partial charge in [0.2, 0.25) is 11.9 Å². The molecule has 1 saturated heterocycles. The SMILES string of the molecule is CC(C)(C)OC(=O)NCc1cnc(N2CCN(c3ncc(C(=O)O)cn3)[C@H](C(=O)OC(C)(C)C)C2)nc1. The van der Waals surface area contributed by atoms with Crippen molar-refractivity contribution in [2.24, 2.45) is 0 Å². The molecule has 200 valence electrons. The number of aromatic nitrogens is 4. The highest BCUT2D eigenvalue weighted by Gasteiger charge is 2.37. The number of ether oxygens (including phenoxy) is 2. The van der Waals surface area contributed by atoms with Gasteiger partial charge in [0.05, 0.1) is 12.1 Å². The summed E-state index contributed by atoms with van der Waals surface area (Å²) in [5.74, 6) is -0.968. The van der Waals surface area contributed by atoms with Gasteiger partial charge in [0.25, 0.3) is 0 Å². The van der Waals surface area contributed by atoms with Gasteiger partial charge in [-0.1, -0.05) is 0 Å². The Kier molecular flexibility index (Phi) is 8.14. The van der Waals surface area contributed by atoms with Crippen LogP contribution >= 0.6 is 0 Å². The van der Waals surface area contributed by atoms with Crippen LogP contribution in [0.3, 0.4) is 0 Å². The van der Waals surface area contributed by atoms with Crippen LogP contribution in [-0.4, -0.2) is 80.0 Å². The van der Waals surface area contributed by atoms with Gasteiger partial charge in [-0.15, -0.1) is 0 Å². The van der Waals surface area contributed by atoms with Gasteiger partial charge in [0.15, 0.2) is 0 Å². The maximum absolute atomic E-state index is 13.1. The molecule has 1 aliphatic rings. The van der Waals surface area contributed by atoms with Crippen molar-refractivity contribution < 1.29 is 29.0 Å². The van der Waals surface area contributed by atoms with E-state index in [9.17, 15) is 14.4 Å². The smallest absolute Gasteiger partial charge is 0.407 e. The van der Waals surface area contributed by atoms with E-state index in [-0.39, 0.29) is 24.6 Å². The number of carbonyl (C=O) groups is 3. The average Bonchev–Trinajstić information content (AvgIpc) is 2.80. The first kappa shape index (κ1) is 27.6. The van der Waals surface area contributed by atoms with Gasteiger partial charge in [-0.05, 0) is 41.5 Å². The van der Waals surface area contributed by atoms with Gasteiger partial charge >= 0.3 is 18.0 Å². The third-order valence-electron chi connectivity index (χ3n) is 5.01. The fraction of sp³-hybridized carbons (Fsp3) is 0.542. The molecule has 0 bridgehead atoms. The summed E-state index contributed by atoms with van der Waals surface area (Å²) in [4.78, 5) is 56.8. The van der Waals surface area contributed by atoms with E-state index in [2.05, 4.69) is 25.3 Å². The minimum atomic E-state index is -1.14. The summed E-state index contributed by atoms with van der Waals surface area (Å²) < 4.78 is 10.9. The average molecular weight is 516 g/mol. The molecule has 13 nitrogen and oxygen atoms in total.